The quantitative estimate of drug-likeness (QED) is 0.495. The minimum Gasteiger partial charge on any atom is -0.407 e. The van der Waals surface area contributed by atoms with Crippen molar-refractivity contribution in [3.63, 3.8) is 0 Å². The molecule has 24 heavy (non-hydrogen) atoms. The third-order valence-electron chi connectivity index (χ3n) is 4.33. The van der Waals surface area contributed by atoms with E-state index in [-0.39, 0.29) is 10.4 Å². The molecule has 2 aromatic rings. The lowest BCUT2D eigenvalue weighted by atomic mass is 10.2. The van der Waals surface area contributed by atoms with Gasteiger partial charge in [0.2, 0.25) is 0 Å². The van der Waals surface area contributed by atoms with Crippen LogP contribution in [0.3, 0.4) is 0 Å². The predicted molar refractivity (Wildman–Crippen MR) is 109 cm³/mol. The van der Waals surface area contributed by atoms with Gasteiger partial charge in [0.15, 0.2) is 0 Å². The molecule has 4 heteroatoms. The summed E-state index contributed by atoms with van der Waals surface area (Å²) < 4.78 is 6.73. The predicted octanol–water partition coefficient (Wildman–Crippen LogP) is 4.80. The Hall–Kier alpha value is -0.803. The molecule has 0 unspecified atom stereocenters. The summed E-state index contributed by atoms with van der Waals surface area (Å²) >= 11 is 12.1. The molecule has 0 aliphatic carbocycles. The summed E-state index contributed by atoms with van der Waals surface area (Å²) in [6.45, 7) is 7.45. The summed E-state index contributed by atoms with van der Waals surface area (Å²) in [5.41, 5.74) is 0. The van der Waals surface area contributed by atoms with Crippen molar-refractivity contribution in [1.29, 1.82) is 0 Å². The Bertz CT molecular complexity index is 571. The van der Waals surface area contributed by atoms with Crippen molar-refractivity contribution in [2.75, 3.05) is 12.5 Å². The van der Waals surface area contributed by atoms with E-state index in [1.165, 1.54) is 10.4 Å². The fourth-order valence-corrected chi connectivity index (χ4v) is 8.00. The van der Waals surface area contributed by atoms with Crippen LogP contribution in [0.5, 0.6) is 0 Å². The van der Waals surface area contributed by atoms with Crippen LogP contribution in [0.2, 0.25) is 5.04 Å². The molecule has 2 rings (SSSR count). The summed E-state index contributed by atoms with van der Waals surface area (Å²) in [4.78, 5) is 0. The van der Waals surface area contributed by atoms with Crippen molar-refractivity contribution in [3.05, 3.63) is 60.7 Å². The van der Waals surface area contributed by atoms with E-state index in [4.69, 9.17) is 27.6 Å². The summed E-state index contributed by atoms with van der Waals surface area (Å²) in [7, 11) is -2.43. The maximum Gasteiger partial charge on any atom is 0.261 e. The van der Waals surface area contributed by atoms with Gasteiger partial charge in [-0.3, -0.25) is 0 Å². The second-order valence-corrected chi connectivity index (χ2v) is 12.3. The van der Waals surface area contributed by atoms with Crippen molar-refractivity contribution in [2.45, 2.75) is 37.6 Å². The summed E-state index contributed by atoms with van der Waals surface area (Å²) in [6.07, 6.45) is 0.759. The van der Waals surface area contributed by atoms with Crippen LogP contribution < -0.4 is 10.4 Å². The van der Waals surface area contributed by atoms with Gasteiger partial charge in [-0.15, -0.1) is 23.2 Å². The zero-order chi connectivity index (χ0) is 17.6. The van der Waals surface area contributed by atoms with Gasteiger partial charge in [0.05, 0.1) is 0 Å². The van der Waals surface area contributed by atoms with Crippen LogP contribution in [0.25, 0.3) is 0 Å². The smallest absolute Gasteiger partial charge is 0.261 e. The van der Waals surface area contributed by atoms with Crippen molar-refractivity contribution in [3.8, 4) is 0 Å². The molecule has 0 aliphatic heterocycles. The lowest BCUT2D eigenvalue weighted by Gasteiger charge is -2.43. The van der Waals surface area contributed by atoms with E-state index in [0.29, 0.717) is 12.5 Å². The Balaban J connectivity index is 2.49. The number of benzene rings is 2. The largest absolute Gasteiger partial charge is 0.407 e. The number of hydrogen-bond acceptors (Lipinski definition) is 1. The first-order valence-corrected chi connectivity index (χ1v) is 11.2. The van der Waals surface area contributed by atoms with Crippen LogP contribution in [0, 0.1) is 0 Å². The fourth-order valence-electron chi connectivity index (χ4n) is 3.18. The van der Waals surface area contributed by atoms with Gasteiger partial charge in [-0.25, -0.2) is 0 Å². The van der Waals surface area contributed by atoms with E-state index in [1.54, 1.807) is 0 Å². The SMILES string of the molecule is CC(C)(C)[Si](OCC[C@@H](Cl)CCl)(c1ccccc1)c1ccccc1. The second-order valence-electron chi connectivity index (χ2n) is 7.05. The third-order valence-corrected chi connectivity index (χ3v) is 10.3. The Morgan fingerprint density at radius 3 is 1.75 bits per heavy atom. The zero-order valence-corrected chi connectivity index (χ0v) is 17.1. The highest BCUT2D eigenvalue weighted by molar-refractivity contribution is 6.99. The first-order chi connectivity index (χ1) is 11.4. The molecule has 1 nitrogen and oxygen atoms in total. The maximum atomic E-state index is 6.73. The van der Waals surface area contributed by atoms with Crippen LogP contribution >= 0.6 is 23.2 Å². The Labute approximate surface area is 157 Å². The highest BCUT2D eigenvalue weighted by Crippen LogP contribution is 2.36. The van der Waals surface area contributed by atoms with E-state index < -0.39 is 8.32 Å². The lowest BCUT2D eigenvalue weighted by Crippen LogP contribution is -2.66. The molecule has 130 valence electrons. The van der Waals surface area contributed by atoms with Gasteiger partial charge in [-0.1, -0.05) is 81.4 Å². The molecule has 0 saturated carbocycles. The standard InChI is InChI=1S/C20H26Cl2OSi/c1-20(2,3)24(18-10-6-4-7-11-18,19-12-8-5-9-13-19)23-15-14-17(22)16-21/h4-13,17H,14-16H2,1-3H3/t17-/m1/s1. The van der Waals surface area contributed by atoms with Gasteiger partial charge in [0.25, 0.3) is 8.32 Å². The monoisotopic (exact) mass is 380 g/mol. The third kappa shape index (κ3) is 4.23. The highest BCUT2D eigenvalue weighted by Gasteiger charge is 2.49. The number of hydrogen-bond donors (Lipinski definition) is 0. The van der Waals surface area contributed by atoms with E-state index in [9.17, 15) is 0 Å². The Kier molecular flexibility index (Phi) is 6.94. The first-order valence-electron chi connectivity index (χ1n) is 8.37. The van der Waals surface area contributed by atoms with Gasteiger partial charge >= 0.3 is 0 Å². The fraction of sp³-hybridized carbons (Fsp3) is 0.400. The molecule has 0 saturated heterocycles. The molecular weight excluding hydrogens is 355 g/mol. The average molecular weight is 381 g/mol. The molecule has 1 atom stereocenters. The first kappa shape index (κ1) is 19.5. The van der Waals surface area contributed by atoms with Crippen LogP contribution in [-0.2, 0) is 4.43 Å². The van der Waals surface area contributed by atoms with Gasteiger partial charge < -0.3 is 4.43 Å². The summed E-state index contributed by atoms with van der Waals surface area (Å²) in [5, 5.41) is 2.53. The van der Waals surface area contributed by atoms with E-state index in [1.807, 2.05) is 0 Å². The van der Waals surface area contributed by atoms with Crippen LogP contribution in [0.4, 0.5) is 0 Å². The van der Waals surface area contributed by atoms with Crippen molar-refractivity contribution in [2.24, 2.45) is 0 Å². The molecule has 0 spiro atoms. The molecule has 0 fully saturated rings. The van der Waals surface area contributed by atoms with E-state index in [2.05, 4.69) is 81.4 Å². The van der Waals surface area contributed by atoms with E-state index in [0.717, 1.165) is 6.42 Å². The van der Waals surface area contributed by atoms with E-state index >= 15 is 0 Å². The van der Waals surface area contributed by atoms with Gasteiger partial charge in [0, 0.05) is 17.9 Å². The Morgan fingerprint density at radius 1 is 0.917 bits per heavy atom. The molecule has 0 bridgehead atoms. The van der Waals surface area contributed by atoms with Gasteiger partial charge in [-0.05, 0) is 21.8 Å². The zero-order valence-electron chi connectivity index (χ0n) is 14.6. The second kappa shape index (κ2) is 8.53. The molecular formula is C20H26Cl2OSi. The maximum absolute atomic E-state index is 6.73. The van der Waals surface area contributed by atoms with Crippen LogP contribution in [0.15, 0.2) is 60.7 Å². The lowest BCUT2D eigenvalue weighted by molar-refractivity contribution is 0.292. The van der Waals surface area contributed by atoms with Crippen LogP contribution in [0.1, 0.15) is 27.2 Å². The molecule has 0 N–H and O–H groups in total. The molecule has 0 amide bonds. The number of rotatable bonds is 7. The molecule has 0 heterocycles. The van der Waals surface area contributed by atoms with Crippen molar-refractivity contribution < 1.29 is 4.43 Å². The number of alkyl halides is 2. The minimum absolute atomic E-state index is 0.00151. The summed E-state index contributed by atoms with van der Waals surface area (Å²) in [5.74, 6) is 0.450. The molecule has 0 aromatic heterocycles. The normalized spacial score (nSPS) is 13.7. The number of halogens is 2. The topological polar surface area (TPSA) is 9.23 Å². The minimum atomic E-state index is -2.43. The Morgan fingerprint density at radius 2 is 1.38 bits per heavy atom. The van der Waals surface area contributed by atoms with Crippen molar-refractivity contribution in [1.82, 2.24) is 0 Å². The summed E-state index contributed by atoms with van der Waals surface area (Å²) in [6, 6.07) is 21.3. The molecule has 0 aliphatic rings. The average Bonchev–Trinajstić information content (AvgIpc) is 2.59. The van der Waals surface area contributed by atoms with Gasteiger partial charge in [-0.2, -0.15) is 0 Å². The molecule has 2 aromatic carbocycles. The molecule has 0 radical (unpaired) electrons. The van der Waals surface area contributed by atoms with Crippen LogP contribution in [-0.4, -0.2) is 26.2 Å². The highest BCUT2D eigenvalue weighted by atomic mass is 35.5. The van der Waals surface area contributed by atoms with Gasteiger partial charge in [0.1, 0.15) is 0 Å². The van der Waals surface area contributed by atoms with Crippen molar-refractivity contribution >= 4 is 41.9 Å².